The van der Waals surface area contributed by atoms with Crippen LogP contribution in [-0.2, 0) is 4.79 Å². The van der Waals surface area contributed by atoms with Crippen molar-refractivity contribution >= 4 is 17.8 Å². The zero-order chi connectivity index (χ0) is 19.4. The number of amides is 4. The van der Waals surface area contributed by atoms with Crippen LogP contribution in [0, 0.1) is 0 Å². The van der Waals surface area contributed by atoms with E-state index in [-0.39, 0.29) is 5.56 Å². The van der Waals surface area contributed by atoms with Gasteiger partial charge >= 0.3 is 6.03 Å². The summed E-state index contributed by atoms with van der Waals surface area (Å²) in [6, 6.07) is 4.15. The monoisotopic (exact) mass is 375 g/mol. The summed E-state index contributed by atoms with van der Waals surface area (Å²) in [5.74, 6) is 0.0203. The first-order chi connectivity index (χ1) is 13.0. The van der Waals surface area contributed by atoms with Gasteiger partial charge in [-0.25, -0.2) is 4.79 Å². The number of hydrogen-bond acceptors (Lipinski definition) is 5. The van der Waals surface area contributed by atoms with Gasteiger partial charge in [0.2, 0.25) is 0 Å². The molecule has 0 unspecified atom stereocenters. The largest absolute Gasteiger partial charge is 0.490 e. The molecule has 4 amide bonds. The Kier molecular flexibility index (Phi) is 5.53. The molecule has 1 aliphatic carbocycles. The minimum absolute atomic E-state index is 0.270. The minimum Gasteiger partial charge on any atom is -0.490 e. The third-order valence-corrected chi connectivity index (χ3v) is 4.89. The summed E-state index contributed by atoms with van der Waals surface area (Å²) in [5, 5.41) is 3.56. The van der Waals surface area contributed by atoms with Crippen LogP contribution in [0.25, 0.3) is 0 Å². The Labute approximate surface area is 158 Å². The lowest BCUT2D eigenvalue weighted by Gasteiger charge is -2.30. The van der Waals surface area contributed by atoms with E-state index in [4.69, 9.17) is 9.47 Å². The van der Waals surface area contributed by atoms with E-state index in [1.165, 1.54) is 0 Å². The average molecular weight is 375 g/mol. The molecular formula is C19H25N3O5. The summed E-state index contributed by atoms with van der Waals surface area (Å²) in [6.07, 6.45) is 4.00. The number of nitrogens with one attached hydrogen (secondary N) is 2. The fraction of sp³-hybridized carbons (Fsp3) is 0.526. The van der Waals surface area contributed by atoms with E-state index in [1.807, 2.05) is 13.8 Å². The van der Waals surface area contributed by atoms with Gasteiger partial charge in [0, 0.05) is 5.56 Å². The third kappa shape index (κ3) is 3.70. The van der Waals surface area contributed by atoms with Gasteiger partial charge in [0.25, 0.3) is 11.8 Å². The van der Waals surface area contributed by atoms with Crippen molar-refractivity contribution in [1.82, 2.24) is 15.8 Å². The molecule has 3 rings (SSSR count). The first-order valence-electron chi connectivity index (χ1n) is 9.38. The molecule has 0 bridgehead atoms. The predicted octanol–water partition coefficient (Wildman–Crippen LogP) is 2.38. The summed E-state index contributed by atoms with van der Waals surface area (Å²) >= 11 is 0. The molecule has 1 aromatic rings. The van der Waals surface area contributed by atoms with Gasteiger partial charge in [-0.15, -0.1) is 0 Å². The van der Waals surface area contributed by atoms with Gasteiger partial charge in [0.05, 0.1) is 13.2 Å². The van der Waals surface area contributed by atoms with Gasteiger partial charge < -0.3 is 14.8 Å². The highest BCUT2D eigenvalue weighted by Crippen LogP contribution is 2.33. The van der Waals surface area contributed by atoms with Crippen LogP contribution < -0.4 is 20.2 Å². The molecule has 1 aliphatic heterocycles. The lowest BCUT2D eigenvalue weighted by atomic mass is 9.82. The maximum atomic E-state index is 12.8. The van der Waals surface area contributed by atoms with Crippen molar-refractivity contribution in [1.29, 1.82) is 0 Å². The van der Waals surface area contributed by atoms with Crippen molar-refractivity contribution in [3.8, 4) is 11.5 Å². The highest BCUT2D eigenvalue weighted by atomic mass is 16.5. The Morgan fingerprint density at radius 1 is 1.11 bits per heavy atom. The zero-order valence-corrected chi connectivity index (χ0v) is 15.7. The Morgan fingerprint density at radius 3 is 2.44 bits per heavy atom. The average Bonchev–Trinajstić information content (AvgIpc) is 2.88. The van der Waals surface area contributed by atoms with Gasteiger partial charge in [0.15, 0.2) is 11.5 Å². The third-order valence-electron chi connectivity index (χ3n) is 4.89. The van der Waals surface area contributed by atoms with Crippen LogP contribution in [0.2, 0.25) is 0 Å². The van der Waals surface area contributed by atoms with E-state index in [0.29, 0.717) is 37.6 Å². The second-order valence-electron chi connectivity index (χ2n) is 6.68. The van der Waals surface area contributed by atoms with Gasteiger partial charge in [0.1, 0.15) is 5.54 Å². The number of ether oxygens (including phenoxy) is 2. The summed E-state index contributed by atoms with van der Waals surface area (Å²) in [7, 11) is 0. The van der Waals surface area contributed by atoms with Crippen LogP contribution in [0.5, 0.6) is 11.5 Å². The Balaban J connectivity index is 1.76. The fourth-order valence-corrected chi connectivity index (χ4v) is 3.57. The van der Waals surface area contributed by atoms with Crippen molar-refractivity contribution < 1.29 is 23.9 Å². The number of carbonyl (C=O) groups is 3. The van der Waals surface area contributed by atoms with E-state index in [0.717, 1.165) is 24.3 Å². The molecule has 146 valence electrons. The van der Waals surface area contributed by atoms with E-state index >= 15 is 0 Å². The fourth-order valence-electron chi connectivity index (χ4n) is 3.57. The Hall–Kier alpha value is -2.77. The number of hydrogen-bond donors (Lipinski definition) is 2. The van der Waals surface area contributed by atoms with Crippen molar-refractivity contribution in [2.45, 2.75) is 51.5 Å². The predicted molar refractivity (Wildman–Crippen MR) is 97.4 cm³/mol. The molecule has 0 atom stereocenters. The lowest BCUT2D eigenvalue weighted by molar-refractivity contribution is -0.134. The van der Waals surface area contributed by atoms with E-state index in [9.17, 15) is 14.4 Å². The molecule has 1 saturated heterocycles. The second-order valence-corrected chi connectivity index (χ2v) is 6.68. The first kappa shape index (κ1) is 19.0. The molecule has 27 heavy (non-hydrogen) atoms. The highest BCUT2D eigenvalue weighted by molar-refractivity contribution is 6.09. The first-order valence-corrected chi connectivity index (χ1v) is 9.38. The Bertz CT molecular complexity index is 743. The summed E-state index contributed by atoms with van der Waals surface area (Å²) in [4.78, 5) is 37.6. The van der Waals surface area contributed by atoms with Gasteiger partial charge in [-0.05, 0) is 44.9 Å². The summed E-state index contributed by atoms with van der Waals surface area (Å²) in [6.45, 7) is 4.57. The van der Waals surface area contributed by atoms with Crippen molar-refractivity contribution in [2.24, 2.45) is 0 Å². The van der Waals surface area contributed by atoms with Crippen LogP contribution in [0.3, 0.4) is 0 Å². The normalized spacial score (nSPS) is 18.4. The lowest BCUT2D eigenvalue weighted by Crippen LogP contribution is -2.50. The van der Waals surface area contributed by atoms with E-state index in [1.54, 1.807) is 18.2 Å². The van der Waals surface area contributed by atoms with Crippen LogP contribution in [-0.4, -0.2) is 41.6 Å². The SMILES string of the molecule is CCOc1ccc(C(=O)NN2C(=O)NC3(CCCCC3)C2=O)cc1OCC. The molecule has 2 N–H and O–H groups in total. The van der Waals surface area contributed by atoms with Gasteiger partial charge in [-0.2, -0.15) is 5.01 Å². The molecule has 1 heterocycles. The molecule has 1 spiro atoms. The second kappa shape index (κ2) is 7.85. The van der Waals surface area contributed by atoms with Crippen LogP contribution in [0.15, 0.2) is 18.2 Å². The molecular weight excluding hydrogens is 350 g/mol. The smallest absolute Gasteiger partial charge is 0.344 e. The molecule has 2 aliphatic rings. The number of hydrazine groups is 1. The molecule has 1 aromatic carbocycles. The number of urea groups is 1. The minimum atomic E-state index is -0.877. The van der Waals surface area contributed by atoms with Crippen LogP contribution in [0.1, 0.15) is 56.3 Å². The Morgan fingerprint density at radius 2 is 1.78 bits per heavy atom. The standard InChI is InChI=1S/C19H25N3O5/c1-3-26-14-9-8-13(12-15(14)27-4-2)16(23)21-22-17(24)19(20-18(22)25)10-6-5-7-11-19/h8-9,12H,3-7,10-11H2,1-2H3,(H,20,25)(H,21,23). The number of imide groups is 1. The number of nitrogens with zero attached hydrogens (tertiary/aromatic N) is 1. The van der Waals surface area contributed by atoms with Crippen LogP contribution >= 0.6 is 0 Å². The number of carbonyl (C=O) groups excluding carboxylic acids is 3. The molecule has 0 aromatic heterocycles. The summed E-state index contributed by atoms with van der Waals surface area (Å²) in [5.41, 5.74) is 1.82. The quantitative estimate of drug-likeness (QED) is 0.744. The van der Waals surface area contributed by atoms with Crippen LogP contribution in [0.4, 0.5) is 4.79 Å². The topological polar surface area (TPSA) is 97.0 Å². The van der Waals surface area contributed by atoms with Crippen molar-refractivity contribution in [3.63, 3.8) is 0 Å². The van der Waals surface area contributed by atoms with E-state index < -0.39 is 23.4 Å². The number of benzene rings is 1. The summed E-state index contributed by atoms with van der Waals surface area (Å²) < 4.78 is 11.0. The highest BCUT2D eigenvalue weighted by Gasteiger charge is 2.52. The molecule has 0 radical (unpaired) electrons. The van der Waals surface area contributed by atoms with Gasteiger partial charge in [-0.3, -0.25) is 15.0 Å². The molecule has 2 fully saturated rings. The molecule has 8 nitrogen and oxygen atoms in total. The van der Waals surface area contributed by atoms with Crippen molar-refractivity contribution in [3.05, 3.63) is 23.8 Å². The molecule has 1 saturated carbocycles. The maximum absolute atomic E-state index is 12.8. The number of rotatable bonds is 6. The van der Waals surface area contributed by atoms with Crippen molar-refractivity contribution in [2.75, 3.05) is 13.2 Å². The maximum Gasteiger partial charge on any atom is 0.344 e. The zero-order valence-electron chi connectivity index (χ0n) is 15.7. The molecule has 8 heteroatoms. The van der Waals surface area contributed by atoms with E-state index in [2.05, 4.69) is 10.7 Å². The van der Waals surface area contributed by atoms with Gasteiger partial charge in [-0.1, -0.05) is 19.3 Å².